The molecule has 1 saturated heterocycles. The fourth-order valence-electron chi connectivity index (χ4n) is 4.74. The third-order valence-electron chi connectivity index (χ3n) is 6.67. The number of carbonyl (C=O) groups is 2. The molecule has 196 valence electrons. The summed E-state index contributed by atoms with van der Waals surface area (Å²) in [6.07, 6.45) is 2.34. The number of carbonyl (C=O) groups excluding carboxylic acids is 2. The number of benzene rings is 2. The van der Waals surface area contributed by atoms with Gasteiger partial charge in [0, 0.05) is 12.1 Å². The summed E-state index contributed by atoms with van der Waals surface area (Å²) in [6.45, 7) is 12.0. The van der Waals surface area contributed by atoms with Crippen LogP contribution in [0.5, 0.6) is 17.2 Å². The summed E-state index contributed by atoms with van der Waals surface area (Å²) in [4.78, 5) is 30.4. The van der Waals surface area contributed by atoms with Crippen molar-refractivity contribution in [2.75, 3.05) is 46.0 Å². The lowest BCUT2D eigenvalue weighted by atomic mass is 9.95. The average molecular weight is 507 g/mol. The highest BCUT2D eigenvalue weighted by Crippen LogP contribution is 2.41. The fraction of sp³-hybridized carbons (Fsp3) is 0.379. The first-order valence-corrected chi connectivity index (χ1v) is 12.7. The molecule has 1 unspecified atom stereocenters. The van der Waals surface area contributed by atoms with E-state index in [-0.39, 0.29) is 11.3 Å². The van der Waals surface area contributed by atoms with Crippen molar-refractivity contribution < 1.29 is 28.9 Å². The summed E-state index contributed by atoms with van der Waals surface area (Å²) < 4.78 is 16.9. The Bertz CT molecular complexity index is 1190. The molecule has 0 aliphatic carbocycles. The number of amides is 1. The standard InChI is InChI=1S/C29H34N2O6/c1-4-15-35-22-10-7-9-20(18-22)26-25(27(32)21-11-12-23-24(19-21)37-17-16-36-23)28(33)29(34)31(26)14-8-13-30(5-2)6-3/h4,7,9-12,18-19,26,32H,1,5-6,8,13-17H2,2-3H3/b27-25+. The van der Waals surface area contributed by atoms with Crippen molar-refractivity contribution in [2.24, 2.45) is 0 Å². The number of nitrogens with zero attached hydrogens (tertiary/aromatic N) is 2. The minimum absolute atomic E-state index is 0.0467. The molecule has 8 nitrogen and oxygen atoms in total. The lowest BCUT2D eigenvalue weighted by Crippen LogP contribution is -2.33. The lowest BCUT2D eigenvalue weighted by Gasteiger charge is -2.27. The Balaban J connectivity index is 1.75. The SMILES string of the molecule is C=CCOc1cccc(C2/C(=C(\O)c3ccc4c(c3)OCCO4)C(=O)C(=O)N2CCCN(CC)CC)c1. The Morgan fingerprint density at radius 2 is 1.89 bits per heavy atom. The third-order valence-corrected chi connectivity index (χ3v) is 6.67. The topological polar surface area (TPSA) is 88.5 Å². The van der Waals surface area contributed by atoms with Crippen LogP contribution in [0.4, 0.5) is 0 Å². The number of ether oxygens (including phenoxy) is 3. The summed E-state index contributed by atoms with van der Waals surface area (Å²) in [5.41, 5.74) is 1.11. The maximum absolute atomic E-state index is 13.3. The molecular weight excluding hydrogens is 472 g/mol. The van der Waals surface area contributed by atoms with Gasteiger partial charge in [0.2, 0.25) is 0 Å². The second-order valence-corrected chi connectivity index (χ2v) is 8.90. The van der Waals surface area contributed by atoms with Gasteiger partial charge in [0.25, 0.3) is 11.7 Å². The number of ketones is 1. The molecule has 2 heterocycles. The van der Waals surface area contributed by atoms with E-state index >= 15 is 0 Å². The van der Waals surface area contributed by atoms with Gasteiger partial charge in [-0.3, -0.25) is 9.59 Å². The van der Waals surface area contributed by atoms with Crippen molar-refractivity contribution >= 4 is 17.4 Å². The quantitative estimate of drug-likeness (QED) is 0.212. The lowest BCUT2D eigenvalue weighted by molar-refractivity contribution is -0.140. The van der Waals surface area contributed by atoms with Crippen LogP contribution in [0.25, 0.3) is 5.76 Å². The van der Waals surface area contributed by atoms with Gasteiger partial charge in [-0.1, -0.05) is 38.6 Å². The van der Waals surface area contributed by atoms with Gasteiger partial charge in [0.1, 0.15) is 31.3 Å². The van der Waals surface area contributed by atoms with Crippen molar-refractivity contribution in [3.05, 3.63) is 71.8 Å². The molecular formula is C29H34N2O6. The molecule has 2 aliphatic heterocycles. The van der Waals surface area contributed by atoms with Gasteiger partial charge in [-0.15, -0.1) is 0 Å². The molecule has 0 saturated carbocycles. The number of Topliss-reactive ketones (excluding diaryl/α,β-unsaturated/α-hetero) is 1. The summed E-state index contributed by atoms with van der Waals surface area (Å²) in [7, 11) is 0. The zero-order valence-electron chi connectivity index (χ0n) is 21.4. The second-order valence-electron chi connectivity index (χ2n) is 8.90. The molecule has 8 heteroatoms. The molecule has 1 amide bonds. The Morgan fingerprint density at radius 1 is 1.14 bits per heavy atom. The highest BCUT2D eigenvalue weighted by Gasteiger charge is 2.46. The molecule has 0 radical (unpaired) electrons. The maximum atomic E-state index is 13.3. The van der Waals surface area contributed by atoms with Crippen LogP contribution in [0, 0.1) is 0 Å². The normalized spacial score (nSPS) is 18.4. The van der Waals surface area contributed by atoms with Crippen molar-refractivity contribution in [1.82, 2.24) is 9.80 Å². The molecule has 1 N–H and O–H groups in total. The molecule has 37 heavy (non-hydrogen) atoms. The van der Waals surface area contributed by atoms with Crippen LogP contribution >= 0.6 is 0 Å². The van der Waals surface area contributed by atoms with Crippen LogP contribution in [0.15, 0.2) is 60.7 Å². The van der Waals surface area contributed by atoms with E-state index in [0.717, 1.165) is 19.6 Å². The first-order chi connectivity index (χ1) is 18.0. The van der Waals surface area contributed by atoms with Crippen LogP contribution in [0.2, 0.25) is 0 Å². The molecule has 2 aromatic carbocycles. The van der Waals surface area contributed by atoms with E-state index in [0.29, 0.717) is 61.2 Å². The number of fused-ring (bicyclic) bond motifs is 1. The van der Waals surface area contributed by atoms with E-state index in [1.54, 1.807) is 41.3 Å². The zero-order valence-corrected chi connectivity index (χ0v) is 21.4. The van der Waals surface area contributed by atoms with E-state index in [1.807, 2.05) is 12.1 Å². The summed E-state index contributed by atoms with van der Waals surface area (Å²) in [5.74, 6) is 0.0662. The third kappa shape index (κ3) is 5.64. The van der Waals surface area contributed by atoms with Crippen molar-refractivity contribution in [2.45, 2.75) is 26.3 Å². The van der Waals surface area contributed by atoms with Gasteiger partial charge in [-0.05, 0) is 62.0 Å². The van der Waals surface area contributed by atoms with Crippen molar-refractivity contribution in [3.63, 3.8) is 0 Å². The van der Waals surface area contributed by atoms with Crippen LogP contribution in [0.1, 0.15) is 37.4 Å². The van der Waals surface area contributed by atoms with Crippen LogP contribution in [-0.2, 0) is 9.59 Å². The molecule has 0 spiro atoms. The number of hydrogen-bond acceptors (Lipinski definition) is 7. The van der Waals surface area contributed by atoms with E-state index in [1.165, 1.54) is 0 Å². The molecule has 0 aromatic heterocycles. The highest BCUT2D eigenvalue weighted by atomic mass is 16.6. The predicted molar refractivity (Wildman–Crippen MR) is 141 cm³/mol. The number of rotatable bonds is 11. The second kappa shape index (κ2) is 12.0. The van der Waals surface area contributed by atoms with E-state index in [2.05, 4.69) is 25.3 Å². The smallest absolute Gasteiger partial charge is 0.295 e. The maximum Gasteiger partial charge on any atom is 0.295 e. The number of aliphatic hydroxyl groups is 1. The van der Waals surface area contributed by atoms with Crippen LogP contribution < -0.4 is 14.2 Å². The Morgan fingerprint density at radius 3 is 2.62 bits per heavy atom. The van der Waals surface area contributed by atoms with Gasteiger partial charge < -0.3 is 29.1 Å². The van der Waals surface area contributed by atoms with Gasteiger partial charge in [0.15, 0.2) is 11.5 Å². The first kappa shape index (κ1) is 26.3. The van der Waals surface area contributed by atoms with E-state index in [9.17, 15) is 14.7 Å². The molecule has 1 atom stereocenters. The van der Waals surface area contributed by atoms with E-state index in [4.69, 9.17) is 14.2 Å². The Kier molecular flexibility index (Phi) is 8.50. The largest absolute Gasteiger partial charge is 0.507 e. The fourth-order valence-corrected chi connectivity index (χ4v) is 4.74. The highest BCUT2D eigenvalue weighted by molar-refractivity contribution is 6.46. The molecule has 2 aliphatic rings. The number of aliphatic hydroxyl groups excluding tert-OH is 1. The molecule has 1 fully saturated rings. The molecule has 2 aromatic rings. The van der Waals surface area contributed by atoms with Crippen molar-refractivity contribution in [1.29, 1.82) is 0 Å². The summed E-state index contributed by atoms with van der Waals surface area (Å²) in [6, 6.07) is 11.5. The summed E-state index contributed by atoms with van der Waals surface area (Å²) >= 11 is 0. The summed E-state index contributed by atoms with van der Waals surface area (Å²) in [5, 5.41) is 11.4. The number of likely N-dealkylation sites (tertiary alicyclic amines) is 1. The first-order valence-electron chi connectivity index (χ1n) is 12.7. The molecule has 4 rings (SSSR count). The zero-order chi connectivity index (χ0) is 26.4. The number of hydrogen-bond donors (Lipinski definition) is 1. The van der Waals surface area contributed by atoms with Gasteiger partial charge in [-0.25, -0.2) is 0 Å². The van der Waals surface area contributed by atoms with Crippen molar-refractivity contribution in [3.8, 4) is 17.2 Å². The predicted octanol–water partition coefficient (Wildman–Crippen LogP) is 4.18. The van der Waals surface area contributed by atoms with Crippen LogP contribution in [-0.4, -0.2) is 72.6 Å². The minimum Gasteiger partial charge on any atom is -0.507 e. The molecule has 0 bridgehead atoms. The Labute approximate surface area is 217 Å². The van der Waals surface area contributed by atoms with Gasteiger partial charge in [0.05, 0.1) is 11.6 Å². The monoisotopic (exact) mass is 506 g/mol. The van der Waals surface area contributed by atoms with Gasteiger partial charge >= 0.3 is 0 Å². The average Bonchev–Trinajstić information content (AvgIpc) is 3.18. The Hall–Kier alpha value is -3.78. The van der Waals surface area contributed by atoms with E-state index < -0.39 is 17.7 Å². The van der Waals surface area contributed by atoms with Crippen LogP contribution in [0.3, 0.4) is 0 Å². The minimum atomic E-state index is -0.753. The van der Waals surface area contributed by atoms with Gasteiger partial charge in [-0.2, -0.15) is 0 Å².